The van der Waals surface area contributed by atoms with Gasteiger partial charge in [0.1, 0.15) is 5.75 Å². The molecule has 0 aromatic heterocycles. The Kier molecular flexibility index (Phi) is 7.16. The molecule has 1 aromatic rings. The van der Waals surface area contributed by atoms with Gasteiger partial charge in [-0.1, -0.05) is 48.4 Å². The number of ether oxygens (including phenoxy) is 1. The Bertz CT molecular complexity index is 461. The first kappa shape index (κ1) is 17.1. The lowest BCUT2D eigenvalue weighted by atomic mass is 10.00. The van der Waals surface area contributed by atoms with Crippen molar-refractivity contribution >= 4 is 22.0 Å². The Labute approximate surface area is 127 Å². The summed E-state index contributed by atoms with van der Waals surface area (Å²) in [6.07, 6.45) is 1.91. The van der Waals surface area contributed by atoms with Gasteiger partial charge in [0.2, 0.25) is 0 Å². The van der Waals surface area contributed by atoms with E-state index in [2.05, 4.69) is 39.8 Å². The lowest BCUT2D eigenvalue weighted by Crippen LogP contribution is -2.18. The van der Waals surface area contributed by atoms with Gasteiger partial charge in [-0.25, -0.2) is 0 Å². The molecule has 1 rings (SSSR count). The summed E-state index contributed by atoms with van der Waals surface area (Å²) in [4.78, 5) is 0. The number of benzene rings is 1. The Morgan fingerprint density at radius 1 is 1.40 bits per heavy atom. The summed E-state index contributed by atoms with van der Waals surface area (Å²) in [5.74, 6) is 0.519. The summed E-state index contributed by atoms with van der Waals surface area (Å²) in [6, 6.07) is 5.02. The quantitative estimate of drug-likeness (QED) is 0.771. The third-order valence-corrected chi connectivity index (χ3v) is 3.34. The number of halogens is 3. The van der Waals surface area contributed by atoms with Crippen LogP contribution in [-0.4, -0.2) is 19.7 Å². The van der Waals surface area contributed by atoms with Crippen molar-refractivity contribution in [2.45, 2.75) is 27.4 Å². The van der Waals surface area contributed by atoms with E-state index < -0.39 is 6.61 Å². The van der Waals surface area contributed by atoms with Crippen LogP contribution in [0.4, 0.5) is 8.78 Å². The lowest BCUT2D eigenvalue weighted by Gasteiger charge is -2.14. The lowest BCUT2D eigenvalue weighted by molar-refractivity contribution is -0.0500. The van der Waals surface area contributed by atoms with Gasteiger partial charge < -0.3 is 10.1 Å². The van der Waals surface area contributed by atoms with E-state index in [-0.39, 0.29) is 5.75 Å². The number of hydrogen-bond donors (Lipinski definition) is 1. The zero-order chi connectivity index (χ0) is 15.1. The molecule has 0 spiro atoms. The molecule has 0 saturated carbocycles. The first-order chi connectivity index (χ1) is 9.43. The Hall–Kier alpha value is -0.940. The van der Waals surface area contributed by atoms with E-state index in [4.69, 9.17) is 0 Å². The minimum absolute atomic E-state index is 0.192. The van der Waals surface area contributed by atoms with E-state index in [1.54, 1.807) is 18.2 Å². The molecule has 0 aliphatic carbocycles. The van der Waals surface area contributed by atoms with Crippen LogP contribution in [0.2, 0.25) is 0 Å². The number of likely N-dealkylation sites (N-methyl/N-ethyl adjacent to an activating group) is 1. The second-order valence-electron chi connectivity index (χ2n) is 4.71. The fourth-order valence-electron chi connectivity index (χ4n) is 1.73. The molecular weight excluding hydrogens is 328 g/mol. The molecule has 0 amide bonds. The topological polar surface area (TPSA) is 21.3 Å². The maximum Gasteiger partial charge on any atom is 0.387 e. The van der Waals surface area contributed by atoms with Gasteiger partial charge in [-0.15, -0.1) is 0 Å². The molecule has 112 valence electrons. The van der Waals surface area contributed by atoms with E-state index in [0.717, 1.165) is 23.1 Å². The van der Waals surface area contributed by atoms with Crippen molar-refractivity contribution in [1.29, 1.82) is 0 Å². The van der Waals surface area contributed by atoms with Crippen LogP contribution in [0.25, 0.3) is 6.08 Å². The van der Waals surface area contributed by atoms with Crippen LogP contribution in [0.1, 0.15) is 26.3 Å². The molecule has 0 bridgehead atoms. The summed E-state index contributed by atoms with van der Waals surface area (Å²) < 4.78 is 30.3. The molecule has 0 aliphatic rings. The molecule has 0 atom stereocenters. The highest BCUT2D eigenvalue weighted by Gasteiger charge is 2.11. The zero-order valence-corrected chi connectivity index (χ0v) is 13.5. The summed E-state index contributed by atoms with van der Waals surface area (Å²) >= 11 is 3.35. The normalized spacial score (nSPS) is 12.3. The summed E-state index contributed by atoms with van der Waals surface area (Å²) in [7, 11) is 0. The maximum absolute atomic E-state index is 12.4. The fourth-order valence-corrected chi connectivity index (χ4v) is 2.11. The van der Waals surface area contributed by atoms with Crippen molar-refractivity contribution in [3.05, 3.63) is 33.8 Å². The molecular formula is C15H20BrF2NO. The van der Waals surface area contributed by atoms with Gasteiger partial charge in [-0.2, -0.15) is 8.78 Å². The predicted octanol–water partition coefficient (Wildman–Crippen LogP) is 4.70. The van der Waals surface area contributed by atoms with Crippen LogP contribution in [0, 0.1) is 5.92 Å². The summed E-state index contributed by atoms with van der Waals surface area (Å²) in [5, 5.41) is 3.26. The first-order valence-electron chi connectivity index (χ1n) is 6.59. The van der Waals surface area contributed by atoms with Gasteiger partial charge in [0.25, 0.3) is 0 Å². The molecule has 1 aromatic carbocycles. The average molecular weight is 348 g/mol. The molecule has 0 heterocycles. The molecule has 0 unspecified atom stereocenters. The van der Waals surface area contributed by atoms with Gasteiger partial charge in [0.05, 0.1) is 0 Å². The molecule has 20 heavy (non-hydrogen) atoms. The second kappa shape index (κ2) is 8.37. The number of nitrogens with one attached hydrogen (secondary N) is 1. The standard InChI is InChI=1S/C15H20BrF2NO/c1-4-19-9-12(10(2)3)7-11-8-13(16)5-6-14(11)20-15(17)18/h5-8,10,15,19H,4,9H2,1-3H3. The molecule has 0 radical (unpaired) electrons. The molecule has 0 saturated heterocycles. The predicted molar refractivity (Wildman–Crippen MR) is 82.1 cm³/mol. The van der Waals surface area contributed by atoms with Crippen LogP contribution in [0.3, 0.4) is 0 Å². The van der Waals surface area contributed by atoms with E-state index >= 15 is 0 Å². The van der Waals surface area contributed by atoms with Crippen LogP contribution in [-0.2, 0) is 0 Å². The third kappa shape index (κ3) is 5.59. The van der Waals surface area contributed by atoms with Gasteiger partial charge >= 0.3 is 6.61 Å². The Morgan fingerprint density at radius 2 is 2.10 bits per heavy atom. The molecule has 1 N–H and O–H groups in total. The maximum atomic E-state index is 12.4. The monoisotopic (exact) mass is 347 g/mol. The van der Waals surface area contributed by atoms with E-state index in [1.165, 1.54) is 0 Å². The molecule has 0 aliphatic heterocycles. The van der Waals surface area contributed by atoms with Crippen molar-refractivity contribution in [2.24, 2.45) is 5.92 Å². The van der Waals surface area contributed by atoms with Crippen molar-refractivity contribution in [3.8, 4) is 5.75 Å². The second-order valence-corrected chi connectivity index (χ2v) is 5.63. The Balaban J connectivity index is 3.10. The summed E-state index contributed by atoms with van der Waals surface area (Å²) in [5.41, 5.74) is 1.80. The highest BCUT2D eigenvalue weighted by atomic mass is 79.9. The van der Waals surface area contributed by atoms with Crippen molar-refractivity contribution in [1.82, 2.24) is 5.32 Å². The minimum atomic E-state index is -2.82. The highest BCUT2D eigenvalue weighted by molar-refractivity contribution is 9.10. The number of hydrogen-bond acceptors (Lipinski definition) is 2. The van der Waals surface area contributed by atoms with Crippen molar-refractivity contribution in [3.63, 3.8) is 0 Å². The average Bonchev–Trinajstić information content (AvgIpc) is 2.36. The Morgan fingerprint density at radius 3 is 2.65 bits per heavy atom. The smallest absolute Gasteiger partial charge is 0.387 e. The zero-order valence-electron chi connectivity index (χ0n) is 11.9. The molecule has 5 heteroatoms. The van der Waals surface area contributed by atoms with E-state index in [9.17, 15) is 8.78 Å². The van der Waals surface area contributed by atoms with Gasteiger partial charge in [0.15, 0.2) is 0 Å². The van der Waals surface area contributed by atoms with Crippen LogP contribution in [0.15, 0.2) is 28.2 Å². The van der Waals surface area contributed by atoms with Crippen LogP contribution < -0.4 is 10.1 Å². The minimum Gasteiger partial charge on any atom is -0.434 e. The number of alkyl halides is 2. The summed E-state index contributed by atoms with van der Waals surface area (Å²) in [6.45, 7) is 4.96. The van der Waals surface area contributed by atoms with Crippen molar-refractivity contribution in [2.75, 3.05) is 13.1 Å². The van der Waals surface area contributed by atoms with Gasteiger partial charge in [-0.3, -0.25) is 0 Å². The molecule has 2 nitrogen and oxygen atoms in total. The van der Waals surface area contributed by atoms with Crippen LogP contribution in [0.5, 0.6) is 5.75 Å². The third-order valence-electron chi connectivity index (χ3n) is 2.85. The number of rotatable bonds is 7. The molecule has 0 fully saturated rings. The van der Waals surface area contributed by atoms with Gasteiger partial charge in [0, 0.05) is 16.6 Å². The van der Waals surface area contributed by atoms with Gasteiger partial charge in [-0.05, 0) is 30.7 Å². The fraction of sp³-hybridized carbons (Fsp3) is 0.467. The largest absolute Gasteiger partial charge is 0.434 e. The van der Waals surface area contributed by atoms with Crippen LogP contribution >= 0.6 is 15.9 Å². The first-order valence-corrected chi connectivity index (χ1v) is 7.38. The SMILES string of the molecule is CCNCC(=Cc1cc(Br)ccc1OC(F)F)C(C)C. The van der Waals surface area contributed by atoms with E-state index in [1.807, 2.05) is 13.0 Å². The van der Waals surface area contributed by atoms with E-state index in [0.29, 0.717) is 11.5 Å². The van der Waals surface area contributed by atoms with Crippen molar-refractivity contribution < 1.29 is 13.5 Å². The highest BCUT2D eigenvalue weighted by Crippen LogP contribution is 2.28.